The van der Waals surface area contributed by atoms with Crippen molar-refractivity contribution < 1.29 is 4.74 Å². The summed E-state index contributed by atoms with van der Waals surface area (Å²) in [5.74, 6) is 1.76. The minimum Gasteiger partial charge on any atom is -0.480 e. The summed E-state index contributed by atoms with van der Waals surface area (Å²) in [6.07, 6.45) is 7.70. The monoisotopic (exact) mass is 380 g/mol. The van der Waals surface area contributed by atoms with Gasteiger partial charge in [0.1, 0.15) is 17.5 Å². The summed E-state index contributed by atoms with van der Waals surface area (Å²) in [5, 5.41) is 11.6. The van der Waals surface area contributed by atoms with E-state index in [0.717, 1.165) is 49.7 Å². The maximum Gasteiger partial charge on any atom is 0.233 e. The summed E-state index contributed by atoms with van der Waals surface area (Å²) in [6.45, 7) is 2.46. The van der Waals surface area contributed by atoms with E-state index in [2.05, 4.69) is 35.9 Å². The van der Waals surface area contributed by atoms with Gasteiger partial charge in [0.2, 0.25) is 5.88 Å². The van der Waals surface area contributed by atoms with E-state index in [1.54, 1.807) is 24.6 Å². The van der Waals surface area contributed by atoms with E-state index in [9.17, 15) is 5.26 Å². The second-order valence-electron chi connectivity index (χ2n) is 6.50. The molecule has 0 bridgehead atoms. The molecule has 0 radical (unpaired) electrons. The molecule has 0 N–H and O–H groups in total. The zero-order valence-corrected chi connectivity index (χ0v) is 15.9. The summed E-state index contributed by atoms with van der Waals surface area (Å²) in [5.41, 5.74) is 4.28. The highest BCUT2D eigenvalue weighted by atomic mass is 32.1. The lowest BCUT2D eigenvalue weighted by molar-refractivity contribution is 0.396. The second kappa shape index (κ2) is 7.76. The number of hydrogen-bond donors (Lipinski definition) is 0. The van der Waals surface area contributed by atoms with Gasteiger partial charge in [-0.15, -0.1) is 11.3 Å². The van der Waals surface area contributed by atoms with Crippen molar-refractivity contribution >= 4 is 17.0 Å². The molecular formula is C19H20N6OS. The molecule has 1 saturated heterocycles. The molecule has 1 aliphatic rings. The molecule has 7 nitrogen and oxygen atoms in total. The van der Waals surface area contributed by atoms with Gasteiger partial charge < -0.3 is 14.2 Å². The number of hydrogen-bond acceptors (Lipinski definition) is 7. The fourth-order valence-corrected chi connectivity index (χ4v) is 4.22. The van der Waals surface area contributed by atoms with Gasteiger partial charge in [0.25, 0.3) is 0 Å². The molecule has 0 spiro atoms. The van der Waals surface area contributed by atoms with Crippen LogP contribution in [0.5, 0.6) is 5.88 Å². The summed E-state index contributed by atoms with van der Waals surface area (Å²) >= 11 is 1.61. The van der Waals surface area contributed by atoms with Crippen LogP contribution in [-0.4, -0.2) is 39.7 Å². The molecule has 0 aromatic carbocycles. The Bertz CT molecular complexity index is 946. The molecule has 0 saturated carbocycles. The predicted octanol–water partition coefficient (Wildman–Crippen LogP) is 3.05. The lowest BCUT2D eigenvalue weighted by atomic mass is 9.96. The van der Waals surface area contributed by atoms with Gasteiger partial charge in [0, 0.05) is 43.0 Å². The van der Waals surface area contributed by atoms with Crippen molar-refractivity contribution in [1.82, 2.24) is 19.5 Å². The van der Waals surface area contributed by atoms with Crippen molar-refractivity contribution in [2.24, 2.45) is 0 Å². The summed E-state index contributed by atoms with van der Waals surface area (Å²) in [7, 11) is 1.54. The van der Waals surface area contributed by atoms with Crippen LogP contribution in [0.25, 0.3) is 0 Å². The molecule has 3 aromatic heterocycles. The zero-order chi connectivity index (χ0) is 18.6. The van der Waals surface area contributed by atoms with Crippen molar-refractivity contribution in [3.05, 3.63) is 52.6 Å². The number of imidazole rings is 1. The highest BCUT2D eigenvalue weighted by molar-refractivity contribution is 7.07. The number of ether oxygens (including phenoxy) is 1. The molecule has 138 valence electrons. The van der Waals surface area contributed by atoms with Crippen LogP contribution in [0, 0.1) is 11.3 Å². The van der Waals surface area contributed by atoms with Crippen LogP contribution in [-0.2, 0) is 6.54 Å². The van der Waals surface area contributed by atoms with Gasteiger partial charge in [-0.3, -0.25) is 0 Å². The van der Waals surface area contributed by atoms with Gasteiger partial charge in [-0.1, -0.05) is 0 Å². The van der Waals surface area contributed by atoms with Crippen LogP contribution in [0.4, 0.5) is 5.69 Å². The van der Waals surface area contributed by atoms with Gasteiger partial charge in [-0.25, -0.2) is 15.0 Å². The highest BCUT2D eigenvalue weighted by Crippen LogP contribution is 2.33. The van der Waals surface area contributed by atoms with E-state index in [-0.39, 0.29) is 0 Å². The Hall–Kier alpha value is -2.92. The third-order valence-corrected chi connectivity index (χ3v) is 5.53. The topological polar surface area (TPSA) is 79.9 Å². The first-order valence-corrected chi connectivity index (χ1v) is 9.80. The number of pyridine rings is 1. The molecular weight excluding hydrogens is 360 g/mol. The van der Waals surface area contributed by atoms with Crippen molar-refractivity contribution in [1.29, 1.82) is 5.26 Å². The lowest BCUT2D eigenvalue weighted by Crippen LogP contribution is -2.36. The number of piperidine rings is 1. The molecule has 0 amide bonds. The van der Waals surface area contributed by atoms with E-state index >= 15 is 0 Å². The van der Waals surface area contributed by atoms with Gasteiger partial charge >= 0.3 is 0 Å². The first-order valence-electron chi connectivity index (χ1n) is 8.86. The van der Waals surface area contributed by atoms with Crippen LogP contribution >= 0.6 is 11.3 Å². The number of rotatable bonds is 5. The third kappa shape index (κ3) is 3.51. The van der Waals surface area contributed by atoms with Gasteiger partial charge in [0.05, 0.1) is 30.5 Å². The first kappa shape index (κ1) is 17.5. The van der Waals surface area contributed by atoms with Gasteiger partial charge in [0.15, 0.2) is 0 Å². The van der Waals surface area contributed by atoms with Crippen molar-refractivity contribution in [3.8, 4) is 11.9 Å². The van der Waals surface area contributed by atoms with Crippen LogP contribution in [0.1, 0.15) is 35.8 Å². The maximum absolute atomic E-state index is 9.58. The van der Waals surface area contributed by atoms with Crippen LogP contribution in [0.2, 0.25) is 0 Å². The van der Waals surface area contributed by atoms with Gasteiger partial charge in [-0.2, -0.15) is 5.26 Å². The van der Waals surface area contributed by atoms with Crippen LogP contribution in [0.3, 0.4) is 0 Å². The lowest BCUT2D eigenvalue weighted by Gasteiger charge is -2.34. The van der Waals surface area contributed by atoms with E-state index < -0.39 is 0 Å². The van der Waals surface area contributed by atoms with Crippen LogP contribution < -0.4 is 9.64 Å². The van der Waals surface area contributed by atoms with E-state index in [4.69, 9.17) is 4.74 Å². The van der Waals surface area contributed by atoms with E-state index in [0.29, 0.717) is 17.4 Å². The number of thiazole rings is 1. The molecule has 0 aliphatic carbocycles. The Morgan fingerprint density at radius 2 is 2.26 bits per heavy atom. The standard InChI is InChI=1S/C19H20N6OS/c1-26-19-16(9-20)17(4-5-22-19)24-7-2-3-14(10-24)18-21-6-8-25(18)11-15-12-27-13-23-15/h4-6,8,12-14H,2-3,7,10-11H2,1H3/t14-/m0/s1. The second-order valence-corrected chi connectivity index (χ2v) is 7.22. The normalized spacial score (nSPS) is 16.9. The average molecular weight is 380 g/mol. The molecule has 3 aromatic rings. The molecule has 27 heavy (non-hydrogen) atoms. The van der Waals surface area contributed by atoms with Crippen molar-refractivity contribution in [2.75, 3.05) is 25.1 Å². The smallest absolute Gasteiger partial charge is 0.233 e. The summed E-state index contributed by atoms with van der Waals surface area (Å²) in [6, 6.07) is 4.14. The molecule has 1 fully saturated rings. The largest absolute Gasteiger partial charge is 0.480 e. The third-order valence-electron chi connectivity index (χ3n) is 4.89. The molecule has 1 aliphatic heterocycles. The first-order chi connectivity index (χ1) is 13.3. The Morgan fingerprint density at radius 1 is 1.33 bits per heavy atom. The molecule has 4 rings (SSSR count). The Kier molecular flexibility index (Phi) is 5.03. The molecule has 1 atom stereocenters. The van der Waals surface area contributed by atoms with Gasteiger partial charge in [-0.05, 0) is 18.9 Å². The van der Waals surface area contributed by atoms with Crippen LogP contribution in [0.15, 0.2) is 35.5 Å². The molecule has 4 heterocycles. The number of anilines is 1. The number of methoxy groups -OCH3 is 1. The Balaban J connectivity index is 1.58. The van der Waals surface area contributed by atoms with E-state index in [1.165, 1.54) is 0 Å². The fraction of sp³-hybridized carbons (Fsp3) is 0.368. The van der Waals surface area contributed by atoms with E-state index in [1.807, 2.05) is 24.0 Å². The summed E-state index contributed by atoms with van der Waals surface area (Å²) < 4.78 is 7.44. The molecule has 8 heteroatoms. The minimum absolute atomic E-state index is 0.304. The number of aromatic nitrogens is 4. The Morgan fingerprint density at radius 3 is 3.04 bits per heavy atom. The maximum atomic E-state index is 9.58. The number of nitriles is 1. The fourth-order valence-electron chi connectivity index (χ4n) is 3.67. The molecule has 0 unspecified atom stereocenters. The predicted molar refractivity (Wildman–Crippen MR) is 103 cm³/mol. The minimum atomic E-state index is 0.304. The zero-order valence-electron chi connectivity index (χ0n) is 15.1. The van der Waals surface area contributed by atoms with Crippen molar-refractivity contribution in [3.63, 3.8) is 0 Å². The van der Waals surface area contributed by atoms with Crippen molar-refractivity contribution in [2.45, 2.75) is 25.3 Å². The average Bonchev–Trinajstić information content (AvgIpc) is 3.40. The number of nitrogens with zero attached hydrogens (tertiary/aromatic N) is 6. The highest BCUT2D eigenvalue weighted by Gasteiger charge is 2.27. The summed E-state index contributed by atoms with van der Waals surface area (Å²) in [4.78, 5) is 15.4. The Labute approximate surface area is 161 Å². The quantitative estimate of drug-likeness (QED) is 0.677. The SMILES string of the molecule is COc1nccc(N2CCC[C@H](c3nccn3Cc3cscn3)C2)c1C#N.